The van der Waals surface area contributed by atoms with Crippen molar-refractivity contribution in [1.29, 1.82) is 0 Å². The first-order valence-corrected chi connectivity index (χ1v) is 6.25. The van der Waals surface area contributed by atoms with Crippen molar-refractivity contribution in [2.45, 2.75) is 6.10 Å². The van der Waals surface area contributed by atoms with Gasteiger partial charge in [0.2, 0.25) is 0 Å². The van der Waals surface area contributed by atoms with Crippen LogP contribution in [0.1, 0.15) is 17.4 Å². The number of para-hydroxylation sites is 1. The third-order valence-electron chi connectivity index (χ3n) is 3.04. The Balaban J connectivity index is 2.10. The second-order valence-electron chi connectivity index (χ2n) is 4.38. The number of rotatable bonds is 2. The number of furan rings is 1. The highest BCUT2D eigenvalue weighted by atomic mass is 35.5. The lowest BCUT2D eigenvalue weighted by molar-refractivity contribution is 0.187. The fourth-order valence-electron chi connectivity index (χ4n) is 2.06. The molecule has 2 nitrogen and oxygen atoms in total. The smallest absolute Gasteiger partial charge is 0.153 e. The van der Waals surface area contributed by atoms with E-state index < -0.39 is 17.7 Å². The zero-order valence-electron chi connectivity index (χ0n) is 10.1. The van der Waals surface area contributed by atoms with E-state index in [9.17, 15) is 13.9 Å². The van der Waals surface area contributed by atoms with Gasteiger partial charge in [0.15, 0.2) is 5.58 Å². The van der Waals surface area contributed by atoms with Crippen LogP contribution in [0.25, 0.3) is 11.0 Å². The number of hydrogen-bond acceptors (Lipinski definition) is 2. The van der Waals surface area contributed by atoms with Crippen molar-refractivity contribution < 1.29 is 18.3 Å². The predicted octanol–water partition coefficient (Wildman–Crippen LogP) is 4.45. The normalized spacial score (nSPS) is 12.8. The van der Waals surface area contributed by atoms with E-state index >= 15 is 0 Å². The molecule has 0 fully saturated rings. The molecule has 0 aliphatic rings. The number of aliphatic hydroxyl groups excluding tert-OH is 1. The lowest BCUT2D eigenvalue weighted by Crippen LogP contribution is -2.02. The van der Waals surface area contributed by atoms with Crippen LogP contribution in [-0.4, -0.2) is 5.11 Å². The maximum atomic E-state index is 13.6. The Morgan fingerprint density at radius 2 is 1.90 bits per heavy atom. The molecule has 3 rings (SSSR count). The van der Waals surface area contributed by atoms with E-state index in [0.717, 1.165) is 18.2 Å². The summed E-state index contributed by atoms with van der Waals surface area (Å²) in [5.41, 5.74) is 0.222. The third kappa shape index (κ3) is 2.17. The summed E-state index contributed by atoms with van der Waals surface area (Å²) < 4.78 is 32.2. The minimum Gasteiger partial charge on any atom is -0.456 e. The first-order valence-electron chi connectivity index (χ1n) is 5.87. The zero-order valence-corrected chi connectivity index (χ0v) is 10.9. The first kappa shape index (κ1) is 13.1. The molecular weight excluding hydrogens is 286 g/mol. The van der Waals surface area contributed by atoms with Gasteiger partial charge in [0.25, 0.3) is 0 Å². The van der Waals surface area contributed by atoms with Crippen molar-refractivity contribution in [1.82, 2.24) is 0 Å². The minimum absolute atomic E-state index is 0.109. The Morgan fingerprint density at radius 3 is 2.65 bits per heavy atom. The van der Waals surface area contributed by atoms with Crippen LogP contribution in [0.15, 0.2) is 46.9 Å². The standard InChI is InChI=1S/C15H9ClF2O2/c16-11-3-1-2-8-6-13(20-15(8)11)14(19)10-7-9(17)4-5-12(10)18/h1-7,14,19H. The van der Waals surface area contributed by atoms with E-state index in [0.29, 0.717) is 16.0 Å². The van der Waals surface area contributed by atoms with Gasteiger partial charge in [0.05, 0.1) is 5.02 Å². The molecule has 1 heterocycles. The molecule has 0 spiro atoms. The number of aliphatic hydroxyl groups is 1. The molecule has 5 heteroatoms. The van der Waals surface area contributed by atoms with Gasteiger partial charge in [-0.1, -0.05) is 23.7 Å². The Kier molecular flexibility index (Phi) is 3.20. The van der Waals surface area contributed by atoms with Crippen LogP contribution in [0.5, 0.6) is 0 Å². The molecule has 0 saturated heterocycles. The van der Waals surface area contributed by atoms with Crippen molar-refractivity contribution in [3.63, 3.8) is 0 Å². The van der Waals surface area contributed by atoms with Crippen LogP contribution < -0.4 is 0 Å². The highest BCUT2D eigenvalue weighted by Gasteiger charge is 2.20. The summed E-state index contributed by atoms with van der Waals surface area (Å²) in [4.78, 5) is 0. The molecule has 0 aliphatic carbocycles. The van der Waals surface area contributed by atoms with Crippen molar-refractivity contribution in [2.75, 3.05) is 0 Å². The van der Waals surface area contributed by atoms with Crippen molar-refractivity contribution in [3.05, 3.63) is 70.4 Å². The highest BCUT2D eigenvalue weighted by Crippen LogP contribution is 2.32. The molecule has 1 unspecified atom stereocenters. The third-order valence-corrected chi connectivity index (χ3v) is 3.33. The van der Waals surface area contributed by atoms with Gasteiger partial charge in [-0.15, -0.1) is 0 Å². The van der Waals surface area contributed by atoms with Crippen LogP contribution in [0.3, 0.4) is 0 Å². The lowest BCUT2D eigenvalue weighted by atomic mass is 10.1. The van der Waals surface area contributed by atoms with E-state index in [1.807, 2.05) is 0 Å². The molecule has 0 bridgehead atoms. The monoisotopic (exact) mass is 294 g/mol. The Bertz CT molecular complexity index is 783. The quantitative estimate of drug-likeness (QED) is 0.757. The molecular formula is C15H9ClF2O2. The fraction of sp³-hybridized carbons (Fsp3) is 0.0667. The van der Waals surface area contributed by atoms with Gasteiger partial charge in [-0.05, 0) is 30.3 Å². The second kappa shape index (κ2) is 4.89. The molecule has 1 atom stereocenters. The molecule has 0 saturated carbocycles. The van der Waals surface area contributed by atoms with Crippen LogP contribution in [0, 0.1) is 11.6 Å². The van der Waals surface area contributed by atoms with Gasteiger partial charge in [0.1, 0.15) is 23.5 Å². The molecule has 3 aromatic rings. The van der Waals surface area contributed by atoms with E-state index in [1.165, 1.54) is 0 Å². The molecule has 20 heavy (non-hydrogen) atoms. The van der Waals surface area contributed by atoms with Gasteiger partial charge in [-0.25, -0.2) is 8.78 Å². The molecule has 0 amide bonds. The van der Waals surface area contributed by atoms with Gasteiger partial charge in [-0.3, -0.25) is 0 Å². The summed E-state index contributed by atoms with van der Waals surface area (Å²) in [6.45, 7) is 0. The number of benzene rings is 2. The van der Waals surface area contributed by atoms with Crippen LogP contribution in [0.2, 0.25) is 5.02 Å². The summed E-state index contributed by atoms with van der Waals surface area (Å²) in [5.74, 6) is -1.22. The van der Waals surface area contributed by atoms with Crippen molar-refractivity contribution >= 4 is 22.6 Å². The Labute approximate surface area is 118 Å². The van der Waals surface area contributed by atoms with Crippen molar-refractivity contribution in [3.8, 4) is 0 Å². The number of hydrogen-bond donors (Lipinski definition) is 1. The molecule has 102 valence electrons. The Hall–Kier alpha value is -1.91. The van der Waals surface area contributed by atoms with E-state index in [2.05, 4.69) is 0 Å². The maximum Gasteiger partial charge on any atom is 0.153 e. The Morgan fingerprint density at radius 1 is 1.10 bits per heavy atom. The predicted molar refractivity (Wildman–Crippen MR) is 71.6 cm³/mol. The SMILES string of the molecule is OC(c1cc2cccc(Cl)c2o1)c1cc(F)ccc1F. The average molecular weight is 295 g/mol. The van der Waals surface area contributed by atoms with Gasteiger partial charge in [-0.2, -0.15) is 0 Å². The number of halogens is 3. The summed E-state index contributed by atoms with van der Waals surface area (Å²) in [6.07, 6.45) is -1.39. The molecule has 0 radical (unpaired) electrons. The highest BCUT2D eigenvalue weighted by molar-refractivity contribution is 6.34. The van der Waals surface area contributed by atoms with Gasteiger partial charge >= 0.3 is 0 Å². The van der Waals surface area contributed by atoms with Gasteiger partial charge < -0.3 is 9.52 Å². The van der Waals surface area contributed by atoms with Crippen LogP contribution in [-0.2, 0) is 0 Å². The lowest BCUT2D eigenvalue weighted by Gasteiger charge is -2.09. The second-order valence-corrected chi connectivity index (χ2v) is 4.78. The molecule has 1 aromatic heterocycles. The van der Waals surface area contributed by atoms with E-state index in [1.54, 1.807) is 24.3 Å². The summed E-state index contributed by atoms with van der Waals surface area (Å²) >= 11 is 5.97. The van der Waals surface area contributed by atoms with Crippen LogP contribution >= 0.6 is 11.6 Å². The van der Waals surface area contributed by atoms with E-state index in [4.69, 9.17) is 16.0 Å². The molecule has 2 aromatic carbocycles. The summed E-state index contributed by atoms with van der Waals surface area (Å²) in [5, 5.41) is 11.2. The summed E-state index contributed by atoms with van der Waals surface area (Å²) in [6, 6.07) is 9.57. The van der Waals surface area contributed by atoms with Gasteiger partial charge in [0, 0.05) is 10.9 Å². The number of fused-ring (bicyclic) bond motifs is 1. The van der Waals surface area contributed by atoms with Crippen molar-refractivity contribution in [2.24, 2.45) is 0 Å². The van der Waals surface area contributed by atoms with E-state index in [-0.39, 0.29) is 11.3 Å². The molecule has 0 aliphatic heterocycles. The van der Waals surface area contributed by atoms with Crippen LogP contribution in [0.4, 0.5) is 8.78 Å². The maximum absolute atomic E-state index is 13.6. The topological polar surface area (TPSA) is 33.4 Å². The fourth-order valence-corrected chi connectivity index (χ4v) is 2.28. The zero-order chi connectivity index (χ0) is 14.3. The first-order chi connectivity index (χ1) is 9.56. The summed E-state index contributed by atoms with van der Waals surface area (Å²) in [7, 11) is 0. The average Bonchev–Trinajstić information content (AvgIpc) is 2.86. The largest absolute Gasteiger partial charge is 0.456 e. The molecule has 1 N–H and O–H groups in total. The minimum atomic E-state index is -1.39.